The number of nitrogens with zero attached hydrogens (tertiary/aromatic N) is 4. The number of nitriles is 1. The molecule has 1 N–H and O–H groups in total. The quantitative estimate of drug-likeness (QED) is 0.861. The van der Waals surface area contributed by atoms with E-state index in [1.165, 1.54) is 0 Å². The van der Waals surface area contributed by atoms with Crippen molar-refractivity contribution in [1.82, 2.24) is 15.2 Å². The van der Waals surface area contributed by atoms with E-state index >= 15 is 0 Å². The second-order valence-electron chi connectivity index (χ2n) is 4.38. The van der Waals surface area contributed by atoms with Gasteiger partial charge in [-0.3, -0.25) is 10.1 Å². The molecule has 0 atom stereocenters. The molecule has 2 rings (SSSR count). The summed E-state index contributed by atoms with van der Waals surface area (Å²) in [6.45, 7) is 3.96. The average Bonchev–Trinajstić information content (AvgIpc) is 3.19. The van der Waals surface area contributed by atoms with Crippen LogP contribution in [0.3, 0.4) is 0 Å². The van der Waals surface area contributed by atoms with Crippen LogP contribution in [-0.4, -0.2) is 21.1 Å². The van der Waals surface area contributed by atoms with Gasteiger partial charge in [-0.2, -0.15) is 5.26 Å². The van der Waals surface area contributed by atoms with Crippen LogP contribution in [-0.2, 0) is 17.6 Å². The topological polar surface area (TPSA) is 91.6 Å². The molecular weight excluding hydrogens is 230 g/mol. The minimum atomic E-state index is -0.862. The van der Waals surface area contributed by atoms with Crippen molar-refractivity contribution in [2.45, 2.75) is 39.5 Å². The highest BCUT2D eigenvalue weighted by Crippen LogP contribution is 2.45. The van der Waals surface area contributed by atoms with Crippen LogP contribution >= 0.6 is 0 Å². The number of carbonyl (C=O) groups is 1. The number of hydrogen-bond acceptors (Lipinski definition) is 5. The molecule has 1 aliphatic carbocycles. The summed E-state index contributed by atoms with van der Waals surface area (Å²) in [6, 6.07) is 2.04. The van der Waals surface area contributed by atoms with Crippen molar-refractivity contribution in [3.8, 4) is 6.07 Å². The minimum Gasteiger partial charge on any atom is -0.292 e. The summed E-state index contributed by atoms with van der Waals surface area (Å²) in [4.78, 5) is 16.1. The fourth-order valence-corrected chi connectivity index (χ4v) is 1.73. The highest BCUT2D eigenvalue weighted by Gasteiger charge is 2.51. The Balaban J connectivity index is 2.15. The zero-order valence-corrected chi connectivity index (χ0v) is 10.5. The van der Waals surface area contributed by atoms with E-state index in [9.17, 15) is 4.79 Å². The third-order valence-electron chi connectivity index (χ3n) is 3.13. The largest absolute Gasteiger partial charge is 0.292 e. The first-order chi connectivity index (χ1) is 8.65. The predicted octanol–water partition coefficient (Wildman–Crippen LogP) is 1.24. The predicted molar refractivity (Wildman–Crippen MR) is 64.5 cm³/mol. The lowest BCUT2D eigenvalue weighted by Crippen LogP contribution is -2.24. The van der Waals surface area contributed by atoms with E-state index in [2.05, 4.69) is 20.5 Å². The average molecular weight is 245 g/mol. The standard InChI is InChI=1S/C12H15N5O/c1-3-8-9(4-2)16-17-11(14-8)15-10(18)12(7-13)5-6-12/h3-6H2,1-2H3,(H,14,15,17,18). The van der Waals surface area contributed by atoms with Gasteiger partial charge in [0, 0.05) is 0 Å². The second-order valence-corrected chi connectivity index (χ2v) is 4.38. The van der Waals surface area contributed by atoms with Gasteiger partial charge in [0.1, 0.15) is 5.41 Å². The summed E-state index contributed by atoms with van der Waals surface area (Å²) in [5.74, 6) is -0.131. The molecule has 1 amide bonds. The van der Waals surface area contributed by atoms with Gasteiger partial charge in [-0.15, -0.1) is 10.2 Å². The third kappa shape index (κ3) is 2.16. The zero-order chi connectivity index (χ0) is 13.2. The lowest BCUT2D eigenvalue weighted by Gasteiger charge is -2.08. The maximum Gasteiger partial charge on any atom is 0.249 e. The van der Waals surface area contributed by atoms with Gasteiger partial charge in [0.15, 0.2) is 0 Å². The minimum absolute atomic E-state index is 0.190. The van der Waals surface area contributed by atoms with Crippen LogP contribution in [0.2, 0.25) is 0 Å². The summed E-state index contributed by atoms with van der Waals surface area (Å²) in [6.07, 6.45) is 2.72. The molecule has 0 unspecified atom stereocenters. The fourth-order valence-electron chi connectivity index (χ4n) is 1.73. The molecule has 6 heteroatoms. The molecule has 0 aliphatic heterocycles. The molecule has 1 aliphatic rings. The molecule has 18 heavy (non-hydrogen) atoms. The van der Waals surface area contributed by atoms with Crippen LogP contribution in [0.4, 0.5) is 5.95 Å². The van der Waals surface area contributed by atoms with Crippen LogP contribution in [0, 0.1) is 16.7 Å². The van der Waals surface area contributed by atoms with Crippen molar-refractivity contribution < 1.29 is 4.79 Å². The van der Waals surface area contributed by atoms with E-state index in [1.54, 1.807) is 0 Å². The van der Waals surface area contributed by atoms with Crippen molar-refractivity contribution in [2.75, 3.05) is 5.32 Å². The fraction of sp³-hybridized carbons (Fsp3) is 0.583. The van der Waals surface area contributed by atoms with E-state index in [1.807, 2.05) is 19.9 Å². The maximum absolute atomic E-state index is 11.8. The number of nitrogens with one attached hydrogen (secondary N) is 1. The van der Waals surface area contributed by atoms with Gasteiger partial charge in [-0.05, 0) is 25.7 Å². The SMILES string of the molecule is CCc1nnc(NC(=O)C2(C#N)CC2)nc1CC. The molecule has 1 fully saturated rings. The molecule has 0 radical (unpaired) electrons. The van der Waals surface area contributed by atoms with Crippen molar-refractivity contribution in [3.63, 3.8) is 0 Å². The van der Waals surface area contributed by atoms with Gasteiger partial charge in [0.25, 0.3) is 0 Å². The lowest BCUT2D eigenvalue weighted by molar-refractivity contribution is -0.119. The first-order valence-corrected chi connectivity index (χ1v) is 6.10. The van der Waals surface area contributed by atoms with Crippen molar-refractivity contribution in [1.29, 1.82) is 5.26 Å². The Morgan fingerprint density at radius 3 is 2.50 bits per heavy atom. The monoisotopic (exact) mass is 245 g/mol. The Kier molecular flexibility index (Phi) is 3.24. The Labute approximate surface area is 105 Å². The number of hydrogen-bond donors (Lipinski definition) is 1. The lowest BCUT2D eigenvalue weighted by atomic mass is 10.1. The van der Waals surface area contributed by atoms with Gasteiger partial charge in [0.2, 0.25) is 11.9 Å². The van der Waals surface area contributed by atoms with Gasteiger partial charge in [-0.1, -0.05) is 13.8 Å². The third-order valence-corrected chi connectivity index (χ3v) is 3.13. The number of rotatable bonds is 4. The molecule has 0 bridgehead atoms. The van der Waals surface area contributed by atoms with Crippen LogP contribution in [0.15, 0.2) is 0 Å². The number of anilines is 1. The normalized spacial score (nSPS) is 15.8. The molecule has 1 aromatic rings. The van der Waals surface area contributed by atoms with Gasteiger partial charge in [0.05, 0.1) is 17.5 Å². The molecule has 1 saturated carbocycles. The van der Waals surface area contributed by atoms with E-state index < -0.39 is 5.41 Å². The van der Waals surface area contributed by atoms with Gasteiger partial charge < -0.3 is 0 Å². The molecule has 0 saturated heterocycles. The van der Waals surface area contributed by atoms with Crippen LogP contribution in [0.1, 0.15) is 38.1 Å². The smallest absolute Gasteiger partial charge is 0.249 e. The first kappa shape index (κ1) is 12.4. The van der Waals surface area contributed by atoms with Crippen LogP contribution in [0.5, 0.6) is 0 Å². The van der Waals surface area contributed by atoms with E-state index in [0.29, 0.717) is 12.8 Å². The molecular formula is C12H15N5O. The van der Waals surface area contributed by atoms with Crippen molar-refractivity contribution >= 4 is 11.9 Å². The van der Waals surface area contributed by atoms with Gasteiger partial charge >= 0.3 is 0 Å². The molecule has 1 heterocycles. The van der Waals surface area contributed by atoms with Crippen LogP contribution in [0.25, 0.3) is 0 Å². The summed E-state index contributed by atoms with van der Waals surface area (Å²) in [7, 11) is 0. The highest BCUT2D eigenvalue weighted by atomic mass is 16.2. The summed E-state index contributed by atoms with van der Waals surface area (Å²) < 4.78 is 0. The molecule has 6 nitrogen and oxygen atoms in total. The van der Waals surface area contributed by atoms with Crippen molar-refractivity contribution in [3.05, 3.63) is 11.4 Å². The van der Waals surface area contributed by atoms with Crippen LogP contribution < -0.4 is 5.32 Å². The Hall–Kier alpha value is -2.03. The van der Waals surface area contributed by atoms with E-state index in [-0.39, 0.29) is 11.9 Å². The Bertz CT molecular complexity index is 516. The zero-order valence-electron chi connectivity index (χ0n) is 10.5. The maximum atomic E-state index is 11.8. The number of carbonyl (C=O) groups excluding carboxylic acids is 1. The first-order valence-electron chi connectivity index (χ1n) is 6.10. The number of aromatic nitrogens is 3. The van der Waals surface area contributed by atoms with Crippen molar-refractivity contribution in [2.24, 2.45) is 5.41 Å². The highest BCUT2D eigenvalue weighted by molar-refractivity contribution is 5.97. The Morgan fingerprint density at radius 1 is 1.33 bits per heavy atom. The summed E-state index contributed by atoms with van der Waals surface area (Å²) in [5.41, 5.74) is 0.820. The molecule has 0 spiro atoms. The Morgan fingerprint density at radius 2 is 2.00 bits per heavy atom. The van der Waals surface area contributed by atoms with Gasteiger partial charge in [-0.25, -0.2) is 4.98 Å². The second kappa shape index (κ2) is 4.69. The molecule has 0 aromatic carbocycles. The molecule has 1 aromatic heterocycles. The summed E-state index contributed by atoms with van der Waals surface area (Å²) in [5, 5.41) is 19.4. The molecule has 94 valence electrons. The number of amides is 1. The van der Waals surface area contributed by atoms with E-state index in [4.69, 9.17) is 5.26 Å². The number of aryl methyl sites for hydroxylation is 2. The summed E-state index contributed by atoms with van der Waals surface area (Å²) >= 11 is 0. The van der Waals surface area contributed by atoms with E-state index in [0.717, 1.165) is 24.2 Å².